The minimum atomic E-state index is -0.211. The Labute approximate surface area is 190 Å². The molecule has 0 aliphatic carbocycles. The number of methoxy groups -OCH3 is 1. The van der Waals surface area contributed by atoms with Crippen molar-refractivity contribution in [3.05, 3.63) is 59.8 Å². The van der Waals surface area contributed by atoms with Gasteiger partial charge >= 0.3 is 6.09 Å². The predicted octanol–water partition coefficient (Wildman–Crippen LogP) is 4.60. The van der Waals surface area contributed by atoms with Gasteiger partial charge in [0.05, 0.1) is 25.3 Å². The lowest BCUT2D eigenvalue weighted by molar-refractivity contribution is 0.0836. The third-order valence-corrected chi connectivity index (χ3v) is 5.88. The first-order valence-corrected chi connectivity index (χ1v) is 11.4. The molecule has 32 heavy (non-hydrogen) atoms. The van der Waals surface area contributed by atoms with Crippen molar-refractivity contribution in [3.63, 3.8) is 0 Å². The molecule has 1 N–H and O–H groups in total. The lowest BCUT2D eigenvalue weighted by Crippen LogP contribution is -2.40. The number of benzene rings is 1. The molecule has 2 amide bonds. The maximum absolute atomic E-state index is 12.9. The molecule has 2 heterocycles. The molecule has 0 saturated carbocycles. The number of aromatic nitrogens is 1. The summed E-state index contributed by atoms with van der Waals surface area (Å²) < 4.78 is 10.4. The third kappa shape index (κ3) is 6.70. The Morgan fingerprint density at radius 1 is 1.16 bits per heavy atom. The average molecular weight is 440 g/mol. The summed E-state index contributed by atoms with van der Waals surface area (Å²) in [4.78, 5) is 31.0. The first-order chi connectivity index (χ1) is 15.6. The number of carbonyl (C=O) groups excluding carboxylic acids is 2. The molecule has 2 aromatic rings. The second-order valence-electron chi connectivity index (χ2n) is 8.16. The van der Waals surface area contributed by atoms with Crippen molar-refractivity contribution < 1.29 is 19.1 Å². The van der Waals surface area contributed by atoms with Crippen LogP contribution in [-0.2, 0) is 4.74 Å². The fraction of sp³-hybridized carbons (Fsp3) is 0.480. The zero-order valence-corrected chi connectivity index (χ0v) is 19.0. The summed E-state index contributed by atoms with van der Waals surface area (Å²) in [5.41, 5.74) is 1.57. The summed E-state index contributed by atoms with van der Waals surface area (Å²) in [6.07, 6.45) is 5.82. The number of nitrogens with zero attached hydrogens (tertiary/aromatic N) is 2. The summed E-state index contributed by atoms with van der Waals surface area (Å²) in [6, 6.07) is 13.3. The number of likely N-dealkylation sites (tertiary alicyclic amines) is 1. The molecular formula is C25H33N3O4. The second kappa shape index (κ2) is 12.1. The number of nitrogens with one attached hydrogen (secondary N) is 1. The summed E-state index contributed by atoms with van der Waals surface area (Å²) in [5, 5.41) is 3.18. The molecule has 0 spiro atoms. The largest absolute Gasteiger partial charge is 0.481 e. The number of rotatable bonds is 9. The molecule has 1 aliphatic rings. The van der Waals surface area contributed by atoms with Gasteiger partial charge in [-0.05, 0) is 43.2 Å². The van der Waals surface area contributed by atoms with Crippen molar-refractivity contribution in [3.8, 4) is 5.88 Å². The maximum Gasteiger partial charge on any atom is 0.409 e. The molecule has 1 fully saturated rings. The highest BCUT2D eigenvalue weighted by molar-refractivity contribution is 5.94. The van der Waals surface area contributed by atoms with Crippen molar-refractivity contribution >= 4 is 12.0 Å². The molecule has 0 radical (unpaired) electrons. The number of pyridine rings is 1. The van der Waals surface area contributed by atoms with Gasteiger partial charge < -0.3 is 19.7 Å². The highest BCUT2D eigenvalue weighted by Crippen LogP contribution is 2.29. The first kappa shape index (κ1) is 23.6. The Morgan fingerprint density at radius 2 is 1.91 bits per heavy atom. The predicted molar refractivity (Wildman–Crippen MR) is 123 cm³/mol. The minimum Gasteiger partial charge on any atom is -0.481 e. The fourth-order valence-electron chi connectivity index (χ4n) is 3.92. The van der Waals surface area contributed by atoms with Gasteiger partial charge in [-0.3, -0.25) is 4.79 Å². The van der Waals surface area contributed by atoms with Gasteiger partial charge in [-0.15, -0.1) is 0 Å². The lowest BCUT2D eigenvalue weighted by Gasteiger charge is -2.33. The van der Waals surface area contributed by atoms with E-state index in [1.807, 2.05) is 30.3 Å². The number of ether oxygens (including phenoxy) is 2. The van der Waals surface area contributed by atoms with Crippen LogP contribution in [-0.4, -0.2) is 48.7 Å². The highest BCUT2D eigenvalue weighted by Gasteiger charge is 2.27. The average Bonchev–Trinajstić information content (AvgIpc) is 2.84. The molecule has 1 aromatic carbocycles. The first-order valence-electron chi connectivity index (χ1n) is 11.4. The van der Waals surface area contributed by atoms with E-state index in [9.17, 15) is 9.59 Å². The summed E-state index contributed by atoms with van der Waals surface area (Å²) in [6.45, 7) is 3.94. The number of carbonyl (C=O) groups is 2. The van der Waals surface area contributed by atoms with E-state index < -0.39 is 0 Å². The minimum absolute atomic E-state index is 0.112. The van der Waals surface area contributed by atoms with Gasteiger partial charge in [-0.2, -0.15) is 0 Å². The van der Waals surface area contributed by atoms with E-state index in [2.05, 4.69) is 17.2 Å². The van der Waals surface area contributed by atoms with Crippen molar-refractivity contribution in [2.24, 2.45) is 5.92 Å². The van der Waals surface area contributed by atoms with Gasteiger partial charge in [0, 0.05) is 25.4 Å². The molecular weight excluding hydrogens is 406 g/mol. The van der Waals surface area contributed by atoms with Gasteiger partial charge in [0.2, 0.25) is 5.88 Å². The molecule has 7 heteroatoms. The van der Waals surface area contributed by atoms with Crippen LogP contribution in [0.4, 0.5) is 4.79 Å². The molecule has 7 nitrogen and oxygen atoms in total. The summed E-state index contributed by atoms with van der Waals surface area (Å²) in [5.74, 6) is 0.723. The number of unbranched alkanes of at least 4 members (excludes halogenated alkanes) is 1. The topological polar surface area (TPSA) is 80.8 Å². The Bertz CT molecular complexity index is 849. The van der Waals surface area contributed by atoms with Crippen molar-refractivity contribution in [1.29, 1.82) is 0 Å². The van der Waals surface area contributed by atoms with Gasteiger partial charge in [-0.1, -0.05) is 43.7 Å². The van der Waals surface area contributed by atoms with Crippen molar-refractivity contribution in [2.45, 2.75) is 45.1 Å². The summed E-state index contributed by atoms with van der Waals surface area (Å²) in [7, 11) is 1.55. The monoisotopic (exact) mass is 439 g/mol. The maximum atomic E-state index is 12.9. The quantitative estimate of drug-likeness (QED) is 0.578. The van der Waals surface area contributed by atoms with E-state index in [0.717, 1.165) is 37.7 Å². The molecule has 0 bridgehead atoms. The third-order valence-electron chi connectivity index (χ3n) is 5.88. The Kier molecular flexibility index (Phi) is 8.90. The second-order valence-corrected chi connectivity index (χ2v) is 8.16. The van der Waals surface area contributed by atoms with E-state index in [1.54, 1.807) is 24.1 Å². The normalized spacial score (nSPS) is 15.1. The smallest absolute Gasteiger partial charge is 0.409 e. The van der Waals surface area contributed by atoms with Gasteiger partial charge in [0.25, 0.3) is 5.91 Å². The van der Waals surface area contributed by atoms with Crippen LogP contribution >= 0.6 is 0 Å². The Morgan fingerprint density at radius 3 is 2.53 bits per heavy atom. The number of amides is 2. The molecule has 1 aliphatic heterocycles. The fourth-order valence-corrected chi connectivity index (χ4v) is 3.92. The number of piperidine rings is 1. The SMILES string of the molecule is CCCCOC(=O)N1CCC(CC(NC(=O)c2ccc(OC)nc2)c2ccccc2)CC1. The molecule has 1 unspecified atom stereocenters. The van der Waals surface area contributed by atoms with Gasteiger partial charge in [-0.25, -0.2) is 9.78 Å². The zero-order valence-electron chi connectivity index (χ0n) is 19.0. The Hall–Kier alpha value is -3.09. The molecule has 3 rings (SSSR count). The number of hydrogen-bond donors (Lipinski definition) is 1. The van der Waals surface area contributed by atoms with E-state index in [-0.39, 0.29) is 18.0 Å². The highest BCUT2D eigenvalue weighted by atomic mass is 16.6. The van der Waals surface area contributed by atoms with Crippen LogP contribution < -0.4 is 10.1 Å². The zero-order chi connectivity index (χ0) is 22.8. The number of hydrogen-bond acceptors (Lipinski definition) is 5. The van der Waals surface area contributed by atoms with Crippen LogP contribution in [0.1, 0.15) is 61.0 Å². The van der Waals surface area contributed by atoms with Crippen LogP contribution in [0.5, 0.6) is 5.88 Å². The van der Waals surface area contributed by atoms with Crippen LogP contribution in [0.15, 0.2) is 48.7 Å². The molecule has 1 atom stereocenters. The summed E-state index contributed by atoms with van der Waals surface area (Å²) >= 11 is 0. The van der Waals surface area contributed by atoms with E-state index in [4.69, 9.17) is 9.47 Å². The molecule has 172 valence electrons. The van der Waals surface area contributed by atoms with E-state index in [1.165, 1.54) is 6.20 Å². The molecule has 1 saturated heterocycles. The van der Waals surface area contributed by atoms with E-state index in [0.29, 0.717) is 37.1 Å². The lowest BCUT2D eigenvalue weighted by atomic mass is 9.87. The van der Waals surface area contributed by atoms with Crippen LogP contribution in [0, 0.1) is 5.92 Å². The van der Waals surface area contributed by atoms with Crippen LogP contribution in [0.25, 0.3) is 0 Å². The Balaban J connectivity index is 1.59. The van der Waals surface area contributed by atoms with Crippen LogP contribution in [0.3, 0.4) is 0 Å². The van der Waals surface area contributed by atoms with E-state index >= 15 is 0 Å². The van der Waals surface area contributed by atoms with Crippen LogP contribution in [0.2, 0.25) is 0 Å². The van der Waals surface area contributed by atoms with Crippen molar-refractivity contribution in [1.82, 2.24) is 15.2 Å². The van der Waals surface area contributed by atoms with Gasteiger partial charge in [0.1, 0.15) is 0 Å². The molecule has 1 aromatic heterocycles. The standard InChI is InChI=1S/C25H33N3O4/c1-3-4-16-32-25(30)28-14-12-19(13-15-28)17-22(20-8-6-5-7-9-20)27-24(29)21-10-11-23(31-2)26-18-21/h5-11,18-19,22H,3-4,12-17H2,1-2H3,(H,27,29). The van der Waals surface area contributed by atoms with Crippen molar-refractivity contribution in [2.75, 3.05) is 26.8 Å². The van der Waals surface area contributed by atoms with Gasteiger partial charge in [0.15, 0.2) is 0 Å².